The van der Waals surface area contributed by atoms with Crippen LogP contribution in [0.15, 0.2) is 24.3 Å². The van der Waals surface area contributed by atoms with Crippen LogP contribution in [0.4, 0.5) is 0 Å². The van der Waals surface area contributed by atoms with Crippen molar-refractivity contribution >= 4 is 25.7 Å². The first-order chi connectivity index (χ1) is 46.3. The molecule has 11 N–H and O–H groups in total. The number of hydrogen-bond donors (Lipinski definition) is 11. The highest BCUT2D eigenvalue weighted by Crippen LogP contribution is 2.49. The van der Waals surface area contributed by atoms with Gasteiger partial charge in [-0.25, -0.2) is 4.57 Å². The zero-order chi connectivity index (χ0) is 70.4. The number of rotatable bonds is 57. The molecule has 96 heavy (non-hydrogen) atoms. The molecule has 562 valence electrons. The minimum Gasteiger partial charge on any atom is -0.463 e. The number of allylic oxidation sites excluding steroid dienone is 4. The van der Waals surface area contributed by atoms with Crippen molar-refractivity contribution in [2.45, 2.75) is 382 Å². The highest BCUT2D eigenvalue weighted by molar-refractivity contribution is 7.47. The smallest absolute Gasteiger partial charge is 0.463 e. The molecule has 0 bridgehead atoms. The van der Waals surface area contributed by atoms with E-state index in [0.717, 1.165) is 89.9 Å². The summed E-state index contributed by atoms with van der Waals surface area (Å²) < 4.78 is 64.9. The normalized spacial score (nSPS) is 28.1. The van der Waals surface area contributed by atoms with Gasteiger partial charge in [-0.15, -0.1) is 0 Å². The molecule has 3 rings (SSSR count). The van der Waals surface area contributed by atoms with E-state index in [-0.39, 0.29) is 19.3 Å². The van der Waals surface area contributed by atoms with Crippen molar-refractivity contribution in [1.82, 2.24) is 0 Å². The molecule has 3 aliphatic rings. The van der Waals surface area contributed by atoms with Gasteiger partial charge in [-0.2, -0.15) is 0 Å². The average molecular weight is 1400 g/mol. The third-order valence-corrected chi connectivity index (χ3v) is 19.2. The summed E-state index contributed by atoms with van der Waals surface area (Å²) in [7, 11) is -5.70. The highest BCUT2D eigenvalue weighted by Gasteiger charge is 2.58. The molecular weight excluding hydrogens is 1270 g/mol. The van der Waals surface area contributed by atoms with Gasteiger partial charge in [0.05, 0.1) is 13.2 Å². The van der Waals surface area contributed by atoms with Gasteiger partial charge in [-0.3, -0.25) is 23.4 Å². The van der Waals surface area contributed by atoms with Crippen LogP contribution in [-0.2, 0) is 61.2 Å². The quantitative estimate of drug-likeness (QED) is 0.00886. The van der Waals surface area contributed by atoms with Crippen molar-refractivity contribution < 1.29 is 117 Å². The summed E-state index contributed by atoms with van der Waals surface area (Å²) in [6.45, 7) is 3.39. The molecule has 24 nitrogen and oxygen atoms in total. The molecule has 0 aromatic rings. The Balaban J connectivity index is 1.75. The SMILES string of the molecule is CCCCCCCC/C=C\CCCCCC(=O)OCC(COP(=O)(O)OC1C(OC2OC(CO)C(O)C(O)C2O)C(O)C(O)C(O)C1OC1OC(COC(=O)CCCCCCCCCCCCCCCC)C(O)C(O)C1O)OC(=O)CCCCC/C=C\CCCCCCCCC. The Morgan fingerprint density at radius 2 is 0.729 bits per heavy atom. The standard InChI is InChI=1S/C71H129O24P/c1-4-7-10-13-16-19-22-25-28-31-34-37-40-43-46-56(74)88-51-54-59(77)61(79)66(84)71(92-54)94-68-64(82)62(80)63(81)67(93-70-65(83)60(78)58(76)53(48-72)91-70)69(68)95-96(85,86)89-50-52(49-87-55(73)45-42-39-36-33-30-27-24-21-18-15-12-9-6-3)90-57(75)47-44-41-38-35-32-29-26-23-20-17-14-11-8-5-2/h27,29-30,32,52-54,58-72,76-84H,4-26,28,31,33-51H2,1-3H3,(H,85,86)/b30-27-,32-29-. The number of unbranched alkanes of at least 4 members (excludes halogenated alkanes) is 32. The minimum atomic E-state index is -5.70. The van der Waals surface area contributed by atoms with Crippen molar-refractivity contribution in [3.05, 3.63) is 24.3 Å². The van der Waals surface area contributed by atoms with Crippen LogP contribution in [0, 0.1) is 0 Å². The topological polar surface area (TPSA) is 374 Å². The number of carbonyl (C=O) groups excluding carboxylic acids is 3. The summed E-state index contributed by atoms with van der Waals surface area (Å²) in [6.07, 6.45) is 12.6. The van der Waals surface area contributed by atoms with Crippen molar-refractivity contribution in [2.75, 3.05) is 26.4 Å². The van der Waals surface area contributed by atoms with E-state index in [9.17, 15) is 74.9 Å². The van der Waals surface area contributed by atoms with Crippen molar-refractivity contribution in [1.29, 1.82) is 0 Å². The summed E-state index contributed by atoms with van der Waals surface area (Å²) in [4.78, 5) is 50.9. The first-order valence-corrected chi connectivity index (χ1v) is 38.6. The molecule has 2 aliphatic heterocycles. The van der Waals surface area contributed by atoms with Crippen molar-refractivity contribution in [2.24, 2.45) is 0 Å². The minimum absolute atomic E-state index is 0.0222. The van der Waals surface area contributed by atoms with E-state index in [4.69, 9.17) is 42.2 Å². The van der Waals surface area contributed by atoms with E-state index < -0.39 is 156 Å². The lowest BCUT2D eigenvalue weighted by atomic mass is 9.84. The number of phosphoric ester groups is 1. The molecule has 0 radical (unpaired) electrons. The Morgan fingerprint density at radius 1 is 0.396 bits per heavy atom. The van der Waals surface area contributed by atoms with Gasteiger partial charge in [-0.05, 0) is 70.6 Å². The predicted octanol–water partition coefficient (Wildman–Crippen LogP) is 9.74. The van der Waals surface area contributed by atoms with E-state index >= 15 is 0 Å². The van der Waals surface area contributed by atoms with Gasteiger partial charge < -0.3 is 89.1 Å². The maximum Gasteiger partial charge on any atom is 0.472 e. The summed E-state index contributed by atoms with van der Waals surface area (Å²) in [5, 5.41) is 110. The van der Waals surface area contributed by atoms with E-state index in [0.29, 0.717) is 25.7 Å². The Hall–Kier alpha value is -2.56. The number of phosphoric acid groups is 1. The van der Waals surface area contributed by atoms with Crippen LogP contribution in [-0.4, -0.2) is 204 Å². The molecule has 0 aromatic carbocycles. The van der Waals surface area contributed by atoms with Crippen LogP contribution in [0.25, 0.3) is 0 Å². The first-order valence-electron chi connectivity index (χ1n) is 37.1. The molecule has 2 saturated heterocycles. The van der Waals surface area contributed by atoms with E-state index in [2.05, 4.69) is 45.1 Å². The Bertz CT molecular complexity index is 2090. The Kier molecular flexibility index (Phi) is 48.7. The van der Waals surface area contributed by atoms with Gasteiger partial charge >= 0.3 is 25.7 Å². The Morgan fingerprint density at radius 3 is 1.14 bits per heavy atom. The molecule has 2 heterocycles. The molecular formula is C71H129O24P. The number of carbonyl (C=O) groups is 3. The number of hydrogen-bond acceptors (Lipinski definition) is 23. The van der Waals surface area contributed by atoms with Gasteiger partial charge in [0.15, 0.2) is 18.7 Å². The molecule has 1 aliphatic carbocycles. The first kappa shape index (κ1) is 87.7. The zero-order valence-electron chi connectivity index (χ0n) is 58.4. The molecule has 0 amide bonds. The lowest BCUT2D eigenvalue weighted by Crippen LogP contribution is -2.69. The van der Waals surface area contributed by atoms with Gasteiger partial charge in [0, 0.05) is 19.3 Å². The highest BCUT2D eigenvalue weighted by atomic mass is 31.2. The van der Waals surface area contributed by atoms with Crippen LogP contribution in [0.2, 0.25) is 0 Å². The number of ether oxygens (including phenoxy) is 7. The number of aliphatic hydroxyl groups excluding tert-OH is 10. The maximum atomic E-state index is 14.3. The summed E-state index contributed by atoms with van der Waals surface area (Å²) in [5.41, 5.74) is 0. The van der Waals surface area contributed by atoms with Gasteiger partial charge in [-0.1, -0.05) is 212 Å². The fourth-order valence-corrected chi connectivity index (χ4v) is 13.1. The van der Waals surface area contributed by atoms with Crippen LogP contribution >= 0.6 is 7.82 Å². The van der Waals surface area contributed by atoms with Crippen LogP contribution < -0.4 is 0 Å². The molecule has 0 spiro atoms. The lowest BCUT2D eigenvalue weighted by Gasteiger charge is -2.49. The molecule has 0 aromatic heterocycles. The predicted molar refractivity (Wildman–Crippen MR) is 361 cm³/mol. The van der Waals surface area contributed by atoms with E-state index in [1.807, 2.05) is 0 Å². The fourth-order valence-electron chi connectivity index (χ4n) is 12.1. The largest absolute Gasteiger partial charge is 0.472 e. The summed E-state index contributed by atoms with van der Waals surface area (Å²) >= 11 is 0. The summed E-state index contributed by atoms with van der Waals surface area (Å²) in [6, 6.07) is 0. The van der Waals surface area contributed by atoms with E-state index in [1.165, 1.54) is 122 Å². The second-order valence-corrected chi connectivity index (χ2v) is 28.1. The molecule has 18 atom stereocenters. The van der Waals surface area contributed by atoms with Gasteiger partial charge in [0.1, 0.15) is 98.7 Å². The average Bonchev–Trinajstić information content (AvgIpc) is 0.764. The zero-order valence-corrected chi connectivity index (χ0v) is 59.3. The monoisotopic (exact) mass is 1400 g/mol. The number of aliphatic hydroxyl groups is 10. The van der Waals surface area contributed by atoms with Gasteiger partial charge in [0.2, 0.25) is 0 Å². The second kappa shape index (κ2) is 53.3. The van der Waals surface area contributed by atoms with Gasteiger partial charge in [0.25, 0.3) is 0 Å². The van der Waals surface area contributed by atoms with Crippen molar-refractivity contribution in [3.8, 4) is 0 Å². The molecule has 1 saturated carbocycles. The Labute approximate surface area is 573 Å². The number of esters is 3. The lowest BCUT2D eigenvalue weighted by molar-refractivity contribution is -0.360. The van der Waals surface area contributed by atoms with Crippen LogP contribution in [0.5, 0.6) is 0 Å². The summed E-state index contributed by atoms with van der Waals surface area (Å²) in [5.74, 6) is -2.03. The van der Waals surface area contributed by atoms with E-state index in [1.54, 1.807) is 0 Å². The molecule has 18 unspecified atom stereocenters. The third-order valence-electron chi connectivity index (χ3n) is 18.2. The maximum absolute atomic E-state index is 14.3. The fraction of sp³-hybridized carbons (Fsp3) is 0.901. The third kappa shape index (κ3) is 36.4. The molecule has 3 fully saturated rings. The van der Waals surface area contributed by atoms with Crippen LogP contribution in [0.1, 0.15) is 278 Å². The van der Waals surface area contributed by atoms with Crippen LogP contribution in [0.3, 0.4) is 0 Å². The molecule has 25 heteroatoms. The second-order valence-electron chi connectivity index (χ2n) is 26.7. The van der Waals surface area contributed by atoms with Crippen molar-refractivity contribution in [3.63, 3.8) is 0 Å².